The SMILES string of the molecule is CC(C)C(=O)Oc1c(-c2ncc(Cl)cc2Cl)c(=O)[nH]c2nccnc12. The first-order valence-corrected chi connectivity index (χ1v) is 8.04. The number of carbonyl (C=O) groups excluding carboxylic acids is 1. The normalized spacial score (nSPS) is 11.1. The van der Waals surface area contributed by atoms with Crippen molar-refractivity contribution in [1.82, 2.24) is 19.9 Å². The van der Waals surface area contributed by atoms with Gasteiger partial charge in [-0.15, -0.1) is 0 Å². The zero-order chi connectivity index (χ0) is 18.1. The van der Waals surface area contributed by atoms with Crippen LogP contribution in [-0.4, -0.2) is 25.9 Å². The fourth-order valence-corrected chi connectivity index (χ4v) is 2.59. The molecule has 0 spiro atoms. The Morgan fingerprint density at radius 2 is 1.92 bits per heavy atom. The fourth-order valence-electron chi connectivity index (χ4n) is 2.12. The fraction of sp³-hybridized carbons (Fsp3) is 0.188. The number of carbonyl (C=O) groups is 1. The molecule has 0 aliphatic rings. The number of H-pyrrole nitrogens is 1. The highest BCUT2D eigenvalue weighted by Crippen LogP contribution is 2.35. The van der Waals surface area contributed by atoms with Crippen molar-refractivity contribution in [3.8, 4) is 17.0 Å². The molecule has 0 saturated carbocycles. The van der Waals surface area contributed by atoms with Crippen LogP contribution >= 0.6 is 23.2 Å². The van der Waals surface area contributed by atoms with E-state index in [2.05, 4.69) is 19.9 Å². The van der Waals surface area contributed by atoms with Gasteiger partial charge in [-0.25, -0.2) is 9.97 Å². The van der Waals surface area contributed by atoms with Crippen molar-refractivity contribution in [2.75, 3.05) is 0 Å². The Morgan fingerprint density at radius 1 is 1.20 bits per heavy atom. The number of esters is 1. The third kappa shape index (κ3) is 3.33. The molecule has 0 bridgehead atoms. The second kappa shape index (κ2) is 6.78. The highest BCUT2D eigenvalue weighted by molar-refractivity contribution is 6.36. The Labute approximate surface area is 152 Å². The molecule has 0 atom stereocenters. The standard InChI is InChI=1S/C16H12Cl2N4O3/c1-7(2)16(24)25-13-10(11-9(18)5-8(17)6-21-11)15(23)22-14-12(13)19-3-4-20-14/h3-7H,1-2H3,(H,20,22,23). The van der Waals surface area contributed by atoms with Gasteiger partial charge in [0.1, 0.15) is 11.1 Å². The average Bonchev–Trinajstić information content (AvgIpc) is 2.56. The van der Waals surface area contributed by atoms with Crippen molar-refractivity contribution < 1.29 is 9.53 Å². The van der Waals surface area contributed by atoms with Crippen LogP contribution in [0.1, 0.15) is 13.8 Å². The number of nitrogens with one attached hydrogen (secondary N) is 1. The summed E-state index contributed by atoms with van der Waals surface area (Å²) in [4.78, 5) is 39.6. The molecule has 3 aromatic rings. The van der Waals surface area contributed by atoms with E-state index in [0.717, 1.165) is 0 Å². The summed E-state index contributed by atoms with van der Waals surface area (Å²) in [6.07, 6.45) is 4.19. The van der Waals surface area contributed by atoms with Gasteiger partial charge in [-0.2, -0.15) is 0 Å². The monoisotopic (exact) mass is 378 g/mol. The van der Waals surface area contributed by atoms with E-state index in [0.29, 0.717) is 5.02 Å². The van der Waals surface area contributed by atoms with Crippen LogP contribution in [0.15, 0.2) is 29.5 Å². The van der Waals surface area contributed by atoms with Crippen molar-refractivity contribution in [3.63, 3.8) is 0 Å². The van der Waals surface area contributed by atoms with Crippen LogP contribution in [0.2, 0.25) is 10.0 Å². The predicted octanol–water partition coefficient (Wildman–Crippen LogP) is 3.25. The van der Waals surface area contributed by atoms with Crippen LogP contribution in [0.5, 0.6) is 5.75 Å². The number of rotatable bonds is 3. The molecule has 3 rings (SSSR count). The summed E-state index contributed by atoms with van der Waals surface area (Å²) in [7, 11) is 0. The third-order valence-corrected chi connectivity index (χ3v) is 3.81. The molecule has 1 N–H and O–H groups in total. The summed E-state index contributed by atoms with van der Waals surface area (Å²) < 4.78 is 5.45. The van der Waals surface area contributed by atoms with Crippen LogP contribution in [-0.2, 0) is 4.79 Å². The molecule has 25 heavy (non-hydrogen) atoms. The molecular formula is C16H12Cl2N4O3. The maximum Gasteiger partial charge on any atom is 0.313 e. The molecule has 3 heterocycles. The summed E-state index contributed by atoms with van der Waals surface area (Å²) in [5.41, 5.74) is -0.0295. The highest BCUT2D eigenvalue weighted by atomic mass is 35.5. The molecule has 0 saturated heterocycles. The van der Waals surface area contributed by atoms with Crippen molar-refractivity contribution in [2.24, 2.45) is 5.92 Å². The molecule has 0 amide bonds. The molecule has 128 valence electrons. The molecule has 0 aliphatic carbocycles. The molecule has 3 aromatic heterocycles. The van der Waals surface area contributed by atoms with Crippen molar-refractivity contribution in [3.05, 3.63) is 45.1 Å². The number of fused-ring (bicyclic) bond motifs is 1. The van der Waals surface area contributed by atoms with Gasteiger partial charge in [0.05, 0.1) is 21.7 Å². The lowest BCUT2D eigenvalue weighted by Crippen LogP contribution is -2.20. The summed E-state index contributed by atoms with van der Waals surface area (Å²) in [6, 6.07) is 1.44. The third-order valence-electron chi connectivity index (χ3n) is 3.32. The van der Waals surface area contributed by atoms with E-state index in [4.69, 9.17) is 27.9 Å². The van der Waals surface area contributed by atoms with E-state index in [1.165, 1.54) is 24.7 Å². The average molecular weight is 379 g/mol. The van der Waals surface area contributed by atoms with Gasteiger partial charge in [-0.05, 0) is 6.07 Å². The van der Waals surface area contributed by atoms with Crippen molar-refractivity contribution >= 4 is 40.3 Å². The number of hydrogen-bond donors (Lipinski definition) is 1. The lowest BCUT2D eigenvalue weighted by molar-refractivity contribution is -0.137. The number of aromatic amines is 1. The van der Waals surface area contributed by atoms with E-state index >= 15 is 0 Å². The van der Waals surface area contributed by atoms with Crippen LogP contribution in [0.4, 0.5) is 0 Å². The van der Waals surface area contributed by atoms with Crippen molar-refractivity contribution in [2.45, 2.75) is 13.8 Å². The van der Waals surface area contributed by atoms with Gasteiger partial charge in [0.25, 0.3) is 5.56 Å². The number of hydrogen-bond acceptors (Lipinski definition) is 6. The van der Waals surface area contributed by atoms with Gasteiger partial charge in [0.2, 0.25) is 0 Å². The Morgan fingerprint density at radius 3 is 2.60 bits per heavy atom. The quantitative estimate of drug-likeness (QED) is 0.702. The molecule has 9 heteroatoms. The smallest absolute Gasteiger partial charge is 0.313 e. The number of ether oxygens (including phenoxy) is 1. The zero-order valence-electron chi connectivity index (χ0n) is 13.2. The molecular weight excluding hydrogens is 367 g/mol. The lowest BCUT2D eigenvalue weighted by Gasteiger charge is -2.13. The van der Waals surface area contributed by atoms with Crippen LogP contribution in [0.25, 0.3) is 22.4 Å². The summed E-state index contributed by atoms with van der Waals surface area (Å²) >= 11 is 12.0. The Hall–Kier alpha value is -2.51. The first-order valence-electron chi connectivity index (χ1n) is 7.28. The van der Waals surface area contributed by atoms with E-state index in [1.54, 1.807) is 13.8 Å². The largest absolute Gasteiger partial charge is 0.423 e. The summed E-state index contributed by atoms with van der Waals surface area (Å²) in [5, 5.41) is 0.453. The molecule has 0 radical (unpaired) electrons. The van der Waals surface area contributed by atoms with E-state index in [9.17, 15) is 9.59 Å². The van der Waals surface area contributed by atoms with Crippen LogP contribution < -0.4 is 10.3 Å². The molecule has 0 aliphatic heterocycles. The minimum Gasteiger partial charge on any atom is -0.423 e. The summed E-state index contributed by atoms with van der Waals surface area (Å²) in [6.45, 7) is 3.35. The zero-order valence-corrected chi connectivity index (χ0v) is 14.7. The van der Waals surface area contributed by atoms with E-state index in [-0.39, 0.29) is 33.2 Å². The Bertz CT molecular complexity index is 1030. The number of nitrogens with zero attached hydrogens (tertiary/aromatic N) is 3. The van der Waals surface area contributed by atoms with Gasteiger partial charge in [0, 0.05) is 18.6 Å². The van der Waals surface area contributed by atoms with Crippen molar-refractivity contribution in [1.29, 1.82) is 0 Å². The van der Waals surface area contributed by atoms with Gasteiger partial charge in [-0.1, -0.05) is 37.0 Å². The maximum atomic E-state index is 12.6. The summed E-state index contributed by atoms with van der Waals surface area (Å²) in [5.74, 6) is -0.973. The first-order chi connectivity index (χ1) is 11.9. The van der Waals surface area contributed by atoms with Gasteiger partial charge in [0.15, 0.2) is 11.4 Å². The minimum absolute atomic E-state index is 0.0105. The number of aromatic nitrogens is 4. The van der Waals surface area contributed by atoms with Crippen LogP contribution in [0.3, 0.4) is 0 Å². The maximum absolute atomic E-state index is 12.6. The van der Waals surface area contributed by atoms with Gasteiger partial charge >= 0.3 is 5.97 Å². The van der Waals surface area contributed by atoms with E-state index in [1.807, 2.05) is 0 Å². The molecule has 0 fully saturated rings. The highest BCUT2D eigenvalue weighted by Gasteiger charge is 2.24. The second-order valence-corrected chi connectivity index (χ2v) is 6.32. The van der Waals surface area contributed by atoms with E-state index < -0.39 is 17.4 Å². The molecule has 0 aromatic carbocycles. The second-order valence-electron chi connectivity index (χ2n) is 5.47. The van der Waals surface area contributed by atoms with Gasteiger partial charge < -0.3 is 9.72 Å². The van der Waals surface area contributed by atoms with Crippen LogP contribution in [0, 0.1) is 5.92 Å². The molecule has 0 unspecified atom stereocenters. The minimum atomic E-state index is -0.559. The predicted molar refractivity (Wildman–Crippen MR) is 93.9 cm³/mol. The first kappa shape index (κ1) is 17.3. The topological polar surface area (TPSA) is 97.8 Å². The lowest BCUT2D eigenvalue weighted by atomic mass is 10.1. The van der Waals surface area contributed by atoms with Gasteiger partial charge in [-0.3, -0.25) is 14.6 Å². The Kier molecular flexibility index (Phi) is 4.69. The number of halogens is 2. The number of pyridine rings is 2. The Balaban J connectivity index is 2.35. The molecule has 7 nitrogen and oxygen atoms in total.